The molecule has 1 rings (SSSR count). The molecule has 0 spiro atoms. The molecule has 1 aliphatic heterocycles. The number of nitrogens with one attached hydrogen (secondary N) is 1. The number of hydrogen-bond acceptors (Lipinski definition) is 5. The van der Waals surface area contributed by atoms with Gasteiger partial charge in [-0.15, -0.1) is 12.4 Å². The lowest BCUT2D eigenvalue weighted by atomic mass is 9.91. The van der Waals surface area contributed by atoms with Gasteiger partial charge in [-0.3, -0.25) is 9.59 Å². The highest BCUT2D eigenvalue weighted by molar-refractivity contribution is 5.85. The normalized spacial score (nSPS) is 18.9. The fourth-order valence-corrected chi connectivity index (χ4v) is 2.01. The van der Waals surface area contributed by atoms with Crippen LogP contribution < -0.4 is 11.1 Å². The number of hydrogen-bond donors (Lipinski definition) is 2. The van der Waals surface area contributed by atoms with Crippen molar-refractivity contribution in [2.75, 3.05) is 20.3 Å². The standard InChI is InChI=1S/C12H22N2O4.ClH/c1-8(7-10(15)17-2)14-12(16)11(13)9-3-5-18-6-4-9;/h8-9,11H,3-7,13H2,1-2H3,(H,14,16);1H. The Morgan fingerprint density at radius 1 is 1.42 bits per heavy atom. The van der Waals surface area contributed by atoms with Crippen LogP contribution in [-0.2, 0) is 19.1 Å². The van der Waals surface area contributed by atoms with Crippen LogP contribution >= 0.6 is 12.4 Å². The van der Waals surface area contributed by atoms with Crippen LogP contribution in [0.15, 0.2) is 0 Å². The summed E-state index contributed by atoms with van der Waals surface area (Å²) in [5.41, 5.74) is 5.92. The van der Waals surface area contributed by atoms with E-state index in [9.17, 15) is 9.59 Å². The summed E-state index contributed by atoms with van der Waals surface area (Å²) in [6, 6.07) is -0.801. The summed E-state index contributed by atoms with van der Waals surface area (Å²) in [6.07, 6.45) is 1.77. The molecule has 112 valence electrons. The Balaban J connectivity index is 0.00000324. The van der Waals surface area contributed by atoms with Gasteiger partial charge in [0.05, 0.1) is 19.6 Å². The second kappa shape index (κ2) is 9.12. The topological polar surface area (TPSA) is 90.7 Å². The van der Waals surface area contributed by atoms with E-state index in [0.29, 0.717) is 13.2 Å². The molecule has 0 aromatic rings. The van der Waals surface area contributed by atoms with Crippen molar-refractivity contribution < 1.29 is 19.1 Å². The third kappa shape index (κ3) is 6.22. The van der Waals surface area contributed by atoms with Crippen molar-refractivity contribution in [3.05, 3.63) is 0 Å². The van der Waals surface area contributed by atoms with Gasteiger partial charge in [0.15, 0.2) is 0 Å². The van der Waals surface area contributed by atoms with Crippen molar-refractivity contribution in [1.29, 1.82) is 0 Å². The molecular formula is C12H23ClN2O4. The number of ether oxygens (including phenoxy) is 2. The van der Waals surface area contributed by atoms with Crippen LogP contribution in [0.4, 0.5) is 0 Å². The number of esters is 1. The Kier molecular flexibility index (Phi) is 8.71. The van der Waals surface area contributed by atoms with E-state index in [1.165, 1.54) is 7.11 Å². The van der Waals surface area contributed by atoms with E-state index >= 15 is 0 Å². The predicted octanol–water partition coefficient (Wildman–Crippen LogP) is 0.230. The minimum Gasteiger partial charge on any atom is -0.469 e. The van der Waals surface area contributed by atoms with E-state index in [1.807, 2.05) is 0 Å². The number of carbonyl (C=O) groups is 2. The zero-order chi connectivity index (χ0) is 13.5. The van der Waals surface area contributed by atoms with Crippen LogP contribution in [0.25, 0.3) is 0 Å². The van der Waals surface area contributed by atoms with Crippen molar-refractivity contribution in [1.82, 2.24) is 5.32 Å². The zero-order valence-corrected chi connectivity index (χ0v) is 12.2. The zero-order valence-electron chi connectivity index (χ0n) is 11.4. The number of methoxy groups -OCH3 is 1. The van der Waals surface area contributed by atoms with Crippen molar-refractivity contribution >= 4 is 24.3 Å². The van der Waals surface area contributed by atoms with Gasteiger partial charge in [-0.25, -0.2) is 0 Å². The fourth-order valence-electron chi connectivity index (χ4n) is 2.01. The van der Waals surface area contributed by atoms with Gasteiger partial charge in [-0.2, -0.15) is 0 Å². The number of amides is 1. The lowest BCUT2D eigenvalue weighted by molar-refractivity contribution is -0.141. The first-order valence-corrected chi connectivity index (χ1v) is 6.25. The number of halogens is 1. The molecule has 0 aromatic heterocycles. The van der Waals surface area contributed by atoms with Gasteiger partial charge >= 0.3 is 5.97 Å². The highest BCUT2D eigenvalue weighted by Gasteiger charge is 2.27. The first-order chi connectivity index (χ1) is 8.54. The van der Waals surface area contributed by atoms with Gasteiger partial charge in [0.2, 0.25) is 5.91 Å². The van der Waals surface area contributed by atoms with E-state index in [4.69, 9.17) is 10.5 Å². The highest BCUT2D eigenvalue weighted by Crippen LogP contribution is 2.17. The summed E-state index contributed by atoms with van der Waals surface area (Å²) in [4.78, 5) is 22.9. The smallest absolute Gasteiger partial charge is 0.307 e. The van der Waals surface area contributed by atoms with Crippen LogP contribution in [0, 0.1) is 5.92 Å². The largest absolute Gasteiger partial charge is 0.469 e. The average Bonchev–Trinajstić information content (AvgIpc) is 2.38. The van der Waals surface area contributed by atoms with E-state index in [0.717, 1.165) is 12.8 Å². The fraction of sp³-hybridized carbons (Fsp3) is 0.833. The van der Waals surface area contributed by atoms with Gasteiger partial charge in [-0.1, -0.05) is 0 Å². The molecule has 2 atom stereocenters. The highest BCUT2D eigenvalue weighted by atomic mass is 35.5. The summed E-state index contributed by atoms with van der Waals surface area (Å²) >= 11 is 0. The van der Waals surface area contributed by atoms with E-state index in [-0.39, 0.29) is 42.7 Å². The minimum absolute atomic E-state index is 0. The Morgan fingerprint density at radius 2 is 2.00 bits per heavy atom. The maximum absolute atomic E-state index is 11.9. The molecule has 1 fully saturated rings. The Bertz CT molecular complexity index is 295. The Hall–Kier alpha value is -0.850. The second-order valence-corrected chi connectivity index (χ2v) is 4.67. The van der Waals surface area contributed by atoms with Gasteiger partial charge in [0, 0.05) is 19.3 Å². The molecule has 0 radical (unpaired) electrons. The Morgan fingerprint density at radius 3 is 2.53 bits per heavy atom. The summed E-state index contributed by atoms with van der Waals surface area (Å²) in [5, 5.41) is 2.74. The molecule has 0 aromatic carbocycles. The molecule has 7 heteroatoms. The summed E-state index contributed by atoms with van der Waals surface area (Å²) in [6.45, 7) is 3.07. The van der Waals surface area contributed by atoms with Gasteiger partial charge in [-0.05, 0) is 25.7 Å². The summed E-state index contributed by atoms with van der Waals surface area (Å²) in [5.74, 6) is -0.398. The summed E-state index contributed by atoms with van der Waals surface area (Å²) < 4.78 is 9.77. The van der Waals surface area contributed by atoms with Crippen molar-refractivity contribution in [3.63, 3.8) is 0 Å². The van der Waals surface area contributed by atoms with Gasteiger partial charge in [0.25, 0.3) is 0 Å². The number of nitrogens with two attached hydrogens (primary N) is 1. The molecule has 19 heavy (non-hydrogen) atoms. The molecule has 0 saturated carbocycles. The monoisotopic (exact) mass is 294 g/mol. The molecule has 2 unspecified atom stereocenters. The lowest BCUT2D eigenvalue weighted by Gasteiger charge is -2.27. The Labute approximate surface area is 119 Å². The maximum atomic E-state index is 11.9. The molecule has 6 nitrogen and oxygen atoms in total. The van der Waals surface area contributed by atoms with Crippen molar-refractivity contribution in [2.24, 2.45) is 11.7 Å². The quantitative estimate of drug-likeness (QED) is 0.708. The average molecular weight is 295 g/mol. The first-order valence-electron chi connectivity index (χ1n) is 6.25. The molecule has 0 aliphatic carbocycles. The van der Waals surface area contributed by atoms with Crippen molar-refractivity contribution in [3.8, 4) is 0 Å². The molecule has 1 saturated heterocycles. The van der Waals surface area contributed by atoms with E-state index in [1.54, 1.807) is 6.92 Å². The van der Waals surface area contributed by atoms with Crippen LogP contribution in [-0.4, -0.2) is 44.3 Å². The molecule has 1 heterocycles. The SMILES string of the molecule is COC(=O)CC(C)NC(=O)C(N)C1CCOCC1.Cl. The van der Waals surface area contributed by atoms with Gasteiger partial charge in [0.1, 0.15) is 0 Å². The lowest BCUT2D eigenvalue weighted by Crippen LogP contribution is -2.49. The molecule has 3 N–H and O–H groups in total. The first kappa shape index (κ1) is 18.1. The summed E-state index contributed by atoms with van der Waals surface area (Å²) in [7, 11) is 1.32. The molecular weight excluding hydrogens is 272 g/mol. The van der Waals surface area contributed by atoms with Crippen LogP contribution in [0.2, 0.25) is 0 Å². The predicted molar refractivity (Wildman–Crippen MR) is 73.0 cm³/mol. The van der Waals surface area contributed by atoms with Crippen LogP contribution in [0.3, 0.4) is 0 Å². The molecule has 0 bridgehead atoms. The van der Waals surface area contributed by atoms with E-state index < -0.39 is 6.04 Å². The second-order valence-electron chi connectivity index (χ2n) is 4.67. The van der Waals surface area contributed by atoms with Crippen LogP contribution in [0.1, 0.15) is 26.2 Å². The van der Waals surface area contributed by atoms with E-state index in [2.05, 4.69) is 10.1 Å². The third-order valence-electron chi connectivity index (χ3n) is 3.17. The van der Waals surface area contributed by atoms with Crippen molar-refractivity contribution in [2.45, 2.75) is 38.3 Å². The maximum Gasteiger partial charge on any atom is 0.307 e. The number of carbonyl (C=O) groups excluding carboxylic acids is 2. The minimum atomic E-state index is -0.533. The van der Waals surface area contributed by atoms with Crippen LogP contribution in [0.5, 0.6) is 0 Å². The molecule has 1 aliphatic rings. The molecule has 1 amide bonds. The number of rotatable bonds is 5. The third-order valence-corrected chi connectivity index (χ3v) is 3.17. The van der Waals surface area contributed by atoms with Gasteiger partial charge < -0.3 is 20.5 Å².